The lowest BCUT2D eigenvalue weighted by atomic mass is 10.0. The maximum absolute atomic E-state index is 3.61. The highest BCUT2D eigenvalue weighted by atomic mass is 79.9. The molecule has 0 amide bonds. The van der Waals surface area contributed by atoms with Gasteiger partial charge >= 0.3 is 0 Å². The monoisotopic (exact) mass is 267 g/mol. The first-order chi connectivity index (χ1) is 7.09. The van der Waals surface area contributed by atoms with E-state index in [9.17, 15) is 0 Å². The van der Waals surface area contributed by atoms with Crippen LogP contribution in [-0.2, 0) is 6.54 Å². The van der Waals surface area contributed by atoms with Crippen LogP contribution < -0.4 is 0 Å². The molecule has 15 heavy (non-hydrogen) atoms. The maximum atomic E-state index is 3.61. The van der Waals surface area contributed by atoms with E-state index in [0.29, 0.717) is 5.54 Å². The largest absolute Gasteiger partial charge is 0.294 e. The van der Waals surface area contributed by atoms with E-state index in [0.717, 1.165) is 6.54 Å². The van der Waals surface area contributed by atoms with Crippen molar-refractivity contribution in [1.29, 1.82) is 0 Å². The van der Waals surface area contributed by atoms with Gasteiger partial charge in [-0.05, 0) is 44.9 Å². The second kappa shape index (κ2) is 4.26. The average Bonchev–Trinajstić information content (AvgIpc) is 2.50. The van der Waals surface area contributed by atoms with E-state index in [-0.39, 0.29) is 0 Å². The molecule has 0 radical (unpaired) electrons. The second-order valence-electron chi connectivity index (χ2n) is 4.93. The van der Waals surface area contributed by atoms with Crippen molar-refractivity contribution in [3.05, 3.63) is 34.3 Å². The van der Waals surface area contributed by atoms with Crippen molar-refractivity contribution in [3.63, 3.8) is 0 Å². The Balaban J connectivity index is 2.12. The quantitative estimate of drug-likeness (QED) is 0.788. The third-order valence-corrected chi connectivity index (χ3v) is 4.17. The Hall–Kier alpha value is -0.340. The van der Waals surface area contributed by atoms with Gasteiger partial charge in [0.25, 0.3) is 0 Å². The lowest BCUT2D eigenvalue weighted by Gasteiger charge is -2.31. The van der Waals surface area contributed by atoms with E-state index >= 15 is 0 Å². The fourth-order valence-corrected chi connectivity index (χ4v) is 2.70. The highest BCUT2D eigenvalue weighted by Gasteiger charge is 2.31. The number of halogens is 1. The second-order valence-corrected chi connectivity index (χ2v) is 5.78. The molecule has 1 aliphatic heterocycles. The summed E-state index contributed by atoms with van der Waals surface area (Å²) in [5.41, 5.74) is 1.77. The molecule has 0 aliphatic carbocycles. The van der Waals surface area contributed by atoms with Crippen LogP contribution in [0.1, 0.15) is 32.3 Å². The summed E-state index contributed by atoms with van der Waals surface area (Å²) in [6.45, 7) is 6.98. The van der Waals surface area contributed by atoms with Crippen molar-refractivity contribution in [2.45, 2.75) is 38.8 Å². The fraction of sp³-hybridized carbons (Fsp3) is 0.538. The number of hydrogen-bond acceptors (Lipinski definition) is 1. The SMILES string of the molecule is CC1(C)CCCN1Cc1ccccc1Br. The van der Waals surface area contributed by atoms with Crippen LogP contribution in [0.25, 0.3) is 0 Å². The third-order valence-electron chi connectivity index (χ3n) is 3.39. The third kappa shape index (κ3) is 2.43. The molecule has 0 N–H and O–H groups in total. The lowest BCUT2D eigenvalue weighted by Crippen LogP contribution is -2.37. The van der Waals surface area contributed by atoms with Gasteiger partial charge in [-0.2, -0.15) is 0 Å². The highest BCUT2D eigenvalue weighted by molar-refractivity contribution is 9.10. The normalized spacial score (nSPS) is 20.7. The Labute approximate surface area is 101 Å². The Kier molecular flexibility index (Phi) is 3.17. The molecule has 1 saturated heterocycles. The van der Waals surface area contributed by atoms with E-state index in [1.807, 2.05) is 0 Å². The molecule has 1 aliphatic rings. The smallest absolute Gasteiger partial charge is 0.0250 e. The molecule has 1 heterocycles. The van der Waals surface area contributed by atoms with E-state index in [1.165, 1.54) is 29.4 Å². The molecule has 0 bridgehead atoms. The highest BCUT2D eigenvalue weighted by Crippen LogP contribution is 2.31. The molecule has 2 rings (SSSR count). The first-order valence-electron chi connectivity index (χ1n) is 5.58. The molecule has 0 aromatic heterocycles. The number of likely N-dealkylation sites (tertiary alicyclic amines) is 1. The molecule has 1 fully saturated rings. The predicted molar refractivity (Wildman–Crippen MR) is 67.9 cm³/mol. The van der Waals surface area contributed by atoms with Gasteiger partial charge < -0.3 is 0 Å². The molecule has 1 aromatic carbocycles. The zero-order valence-electron chi connectivity index (χ0n) is 9.46. The van der Waals surface area contributed by atoms with Crippen molar-refractivity contribution in [2.75, 3.05) is 6.54 Å². The number of rotatable bonds is 2. The minimum Gasteiger partial charge on any atom is -0.294 e. The molecule has 0 atom stereocenters. The summed E-state index contributed by atoms with van der Waals surface area (Å²) in [7, 11) is 0. The van der Waals surface area contributed by atoms with Crippen LogP contribution in [0.5, 0.6) is 0 Å². The molecule has 0 saturated carbocycles. The molecule has 0 unspecified atom stereocenters. The van der Waals surface area contributed by atoms with E-state index in [2.05, 4.69) is 58.9 Å². The van der Waals surface area contributed by atoms with Crippen LogP contribution in [0.3, 0.4) is 0 Å². The molecule has 82 valence electrons. The average molecular weight is 268 g/mol. The zero-order valence-corrected chi connectivity index (χ0v) is 11.0. The van der Waals surface area contributed by atoms with Gasteiger partial charge in [0.05, 0.1) is 0 Å². The minimum absolute atomic E-state index is 0.370. The van der Waals surface area contributed by atoms with Gasteiger partial charge in [0, 0.05) is 16.6 Å². The summed E-state index contributed by atoms with van der Waals surface area (Å²) in [5, 5.41) is 0. The lowest BCUT2D eigenvalue weighted by molar-refractivity contribution is 0.166. The Morgan fingerprint density at radius 1 is 1.33 bits per heavy atom. The van der Waals surface area contributed by atoms with E-state index in [4.69, 9.17) is 0 Å². The van der Waals surface area contributed by atoms with Crippen LogP contribution >= 0.6 is 15.9 Å². The van der Waals surface area contributed by atoms with E-state index in [1.54, 1.807) is 0 Å². The van der Waals surface area contributed by atoms with Gasteiger partial charge in [0.1, 0.15) is 0 Å². The fourth-order valence-electron chi connectivity index (χ4n) is 2.29. The summed E-state index contributed by atoms with van der Waals surface area (Å²) < 4.78 is 1.23. The van der Waals surface area contributed by atoms with Crippen molar-refractivity contribution >= 4 is 15.9 Å². The number of benzene rings is 1. The summed E-state index contributed by atoms with van der Waals surface area (Å²) >= 11 is 3.61. The van der Waals surface area contributed by atoms with Crippen molar-refractivity contribution in [1.82, 2.24) is 4.90 Å². The van der Waals surface area contributed by atoms with Gasteiger partial charge in [-0.25, -0.2) is 0 Å². The standard InChI is InChI=1S/C13H18BrN/c1-13(2)8-5-9-15(13)10-11-6-3-4-7-12(11)14/h3-4,6-7H,5,8-10H2,1-2H3. The van der Waals surface area contributed by atoms with Gasteiger partial charge in [-0.15, -0.1) is 0 Å². The number of nitrogens with zero attached hydrogens (tertiary/aromatic N) is 1. The molecule has 0 spiro atoms. The van der Waals surface area contributed by atoms with Crippen LogP contribution in [0.4, 0.5) is 0 Å². The summed E-state index contributed by atoms with van der Waals surface area (Å²) in [5.74, 6) is 0. The van der Waals surface area contributed by atoms with Crippen LogP contribution in [0, 0.1) is 0 Å². The van der Waals surface area contributed by atoms with E-state index < -0.39 is 0 Å². The first-order valence-corrected chi connectivity index (χ1v) is 6.37. The predicted octanol–water partition coefficient (Wildman–Crippen LogP) is 3.82. The van der Waals surface area contributed by atoms with Crippen molar-refractivity contribution in [2.24, 2.45) is 0 Å². The Morgan fingerprint density at radius 3 is 2.67 bits per heavy atom. The van der Waals surface area contributed by atoms with Crippen LogP contribution in [-0.4, -0.2) is 17.0 Å². The molecular weight excluding hydrogens is 250 g/mol. The minimum atomic E-state index is 0.370. The first kappa shape index (κ1) is 11.2. The number of hydrogen-bond donors (Lipinski definition) is 0. The topological polar surface area (TPSA) is 3.24 Å². The van der Waals surface area contributed by atoms with Gasteiger partial charge in [-0.1, -0.05) is 34.1 Å². The molecular formula is C13H18BrN. The maximum Gasteiger partial charge on any atom is 0.0250 e. The summed E-state index contributed by atoms with van der Waals surface area (Å²) in [4.78, 5) is 2.58. The van der Waals surface area contributed by atoms with Crippen LogP contribution in [0.2, 0.25) is 0 Å². The van der Waals surface area contributed by atoms with Crippen molar-refractivity contribution in [3.8, 4) is 0 Å². The molecule has 2 heteroatoms. The summed E-state index contributed by atoms with van der Waals surface area (Å²) in [6.07, 6.45) is 2.65. The van der Waals surface area contributed by atoms with Gasteiger partial charge in [0.2, 0.25) is 0 Å². The molecule has 1 nitrogen and oxygen atoms in total. The zero-order chi connectivity index (χ0) is 10.9. The Morgan fingerprint density at radius 2 is 2.07 bits per heavy atom. The van der Waals surface area contributed by atoms with Crippen LogP contribution in [0.15, 0.2) is 28.7 Å². The van der Waals surface area contributed by atoms with Gasteiger partial charge in [-0.3, -0.25) is 4.90 Å². The summed E-state index contributed by atoms with van der Waals surface area (Å²) in [6, 6.07) is 8.52. The molecule has 1 aromatic rings. The van der Waals surface area contributed by atoms with Gasteiger partial charge in [0.15, 0.2) is 0 Å². The Bertz CT molecular complexity index is 346. The van der Waals surface area contributed by atoms with Crippen molar-refractivity contribution < 1.29 is 0 Å².